The van der Waals surface area contributed by atoms with Crippen LogP contribution in [0.1, 0.15) is 13.8 Å². The van der Waals surface area contributed by atoms with Crippen LogP contribution >= 0.6 is 0 Å². The van der Waals surface area contributed by atoms with Gasteiger partial charge in [-0.05, 0) is 5.92 Å². The van der Waals surface area contributed by atoms with Crippen LogP contribution in [0.25, 0.3) is 0 Å². The number of rotatable bonds is 3. The van der Waals surface area contributed by atoms with Gasteiger partial charge in [-0.15, -0.1) is 0 Å². The van der Waals surface area contributed by atoms with E-state index in [1.54, 1.807) is 0 Å². The lowest BCUT2D eigenvalue weighted by molar-refractivity contribution is -0.151. The van der Waals surface area contributed by atoms with E-state index in [2.05, 4.69) is 24.1 Å². The molecule has 0 aromatic carbocycles. The van der Waals surface area contributed by atoms with Crippen LogP contribution in [0.15, 0.2) is 0 Å². The van der Waals surface area contributed by atoms with Gasteiger partial charge < -0.3 is 15.0 Å². The lowest BCUT2D eigenvalue weighted by Gasteiger charge is -2.48. The molecule has 3 nitrogen and oxygen atoms in total. The maximum Gasteiger partial charge on any atom is 0.0559 e. The summed E-state index contributed by atoms with van der Waals surface area (Å²) in [5.41, 5.74) is 0.456. The van der Waals surface area contributed by atoms with Crippen LogP contribution in [0, 0.1) is 11.3 Å². The average Bonchev–Trinajstić information content (AvgIpc) is 2.12. The van der Waals surface area contributed by atoms with Crippen LogP contribution < -0.4 is 5.32 Å². The summed E-state index contributed by atoms with van der Waals surface area (Å²) >= 11 is 0. The molecule has 0 atom stereocenters. The molecular weight excluding hydrogens is 176 g/mol. The summed E-state index contributed by atoms with van der Waals surface area (Å²) in [6.07, 6.45) is 0. The molecule has 2 saturated heterocycles. The van der Waals surface area contributed by atoms with Crippen molar-refractivity contribution in [3.63, 3.8) is 0 Å². The second-order valence-corrected chi connectivity index (χ2v) is 5.04. The predicted molar refractivity (Wildman–Crippen MR) is 57.4 cm³/mol. The van der Waals surface area contributed by atoms with Gasteiger partial charge in [-0.2, -0.15) is 0 Å². The monoisotopic (exact) mass is 198 g/mol. The van der Waals surface area contributed by atoms with Gasteiger partial charge in [0.15, 0.2) is 0 Å². The normalized spacial score (nSPS) is 27.6. The zero-order chi connectivity index (χ0) is 10.0. The first-order chi connectivity index (χ1) is 6.73. The fraction of sp³-hybridized carbons (Fsp3) is 1.00. The number of ether oxygens (including phenoxy) is 1. The largest absolute Gasteiger partial charge is 0.380 e. The standard InChI is InChI=1S/C11H22N2O/c1-10(2)11(8-14-9-11)7-13-5-3-12-4-6-13/h10,12H,3-9H2,1-2H3. The molecule has 2 fully saturated rings. The highest BCUT2D eigenvalue weighted by molar-refractivity contribution is 4.91. The Kier molecular flexibility index (Phi) is 3.10. The molecule has 0 aliphatic carbocycles. The smallest absolute Gasteiger partial charge is 0.0559 e. The summed E-state index contributed by atoms with van der Waals surface area (Å²) < 4.78 is 5.40. The third-order valence-corrected chi connectivity index (χ3v) is 3.75. The second-order valence-electron chi connectivity index (χ2n) is 5.04. The maximum absolute atomic E-state index is 5.40. The molecule has 0 bridgehead atoms. The predicted octanol–water partition coefficient (Wildman–Crippen LogP) is 0.564. The Hall–Kier alpha value is -0.120. The summed E-state index contributed by atoms with van der Waals surface area (Å²) in [7, 11) is 0. The summed E-state index contributed by atoms with van der Waals surface area (Å²) in [5.74, 6) is 0.742. The molecule has 2 rings (SSSR count). The Morgan fingerprint density at radius 2 is 1.93 bits per heavy atom. The van der Waals surface area contributed by atoms with E-state index in [0.29, 0.717) is 5.41 Å². The van der Waals surface area contributed by atoms with Crippen molar-refractivity contribution in [3.8, 4) is 0 Å². The quantitative estimate of drug-likeness (QED) is 0.717. The van der Waals surface area contributed by atoms with E-state index in [1.165, 1.54) is 19.6 Å². The zero-order valence-electron chi connectivity index (χ0n) is 9.38. The third kappa shape index (κ3) is 1.95. The van der Waals surface area contributed by atoms with Gasteiger partial charge in [0.25, 0.3) is 0 Å². The summed E-state index contributed by atoms with van der Waals surface area (Å²) in [5, 5.41) is 3.39. The van der Waals surface area contributed by atoms with Crippen molar-refractivity contribution in [1.82, 2.24) is 10.2 Å². The van der Waals surface area contributed by atoms with Crippen molar-refractivity contribution < 1.29 is 4.74 Å². The lowest BCUT2D eigenvalue weighted by atomic mass is 9.75. The molecule has 0 spiro atoms. The number of nitrogens with one attached hydrogen (secondary N) is 1. The number of hydrogen-bond acceptors (Lipinski definition) is 3. The Bertz CT molecular complexity index is 184. The van der Waals surface area contributed by atoms with Crippen molar-refractivity contribution in [2.24, 2.45) is 11.3 Å². The van der Waals surface area contributed by atoms with Crippen molar-refractivity contribution >= 4 is 0 Å². The maximum atomic E-state index is 5.40. The van der Waals surface area contributed by atoms with E-state index < -0.39 is 0 Å². The highest BCUT2D eigenvalue weighted by Crippen LogP contribution is 2.36. The molecule has 0 saturated carbocycles. The Morgan fingerprint density at radius 1 is 1.29 bits per heavy atom. The van der Waals surface area contributed by atoms with E-state index >= 15 is 0 Å². The van der Waals surface area contributed by atoms with Crippen molar-refractivity contribution in [3.05, 3.63) is 0 Å². The van der Waals surface area contributed by atoms with Gasteiger partial charge in [0.1, 0.15) is 0 Å². The van der Waals surface area contributed by atoms with Gasteiger partial charge in [-0.25, -0.2) is 0 Å². The minimum absolute atomic E-state index is 0.456. The average molecular weight is 198 g/mol. The molecule has 0 aromatic heterocycles. The molecule has 2 heterocycles. The van der Waals surface area contributed by atoms with Gasteiger partial charge in [0, 0.05) is 38.1 Å². The molecule has 0 amide bonds. The van der Waals surface area contributed by atoms with Crippen molar-refractivity contribution in [2.45, 2.75) is 13.8 Å². The van der Waals surface area contributed by atoms with E-state index in [9.17, 15) is 0 Å². The Labute approximate surface area is 86.8 Å². The van der Waals surface area contributed by atoms with Crippen molar-refractivity contribution in [2.75, 3.05) is 45.9 Å². The van der Waals surface area contributed by atoms with E-state index in [4.69, 9.17) is 4.74 Å². The summed E-state index contributed by atoms with van der Waals surface area (Å²) in [4.78, 5) is 2.58. The first-order valence-corrected chi connectivity index (χ1v) is 5.74. The lowest BCUT2D eigenvalue weighted by Crippen LogP contribution is -2.57. The number of hydrogen-bond donors (Lipinski definition) is 1. The summed E-state index contributed by atoms with van der Waals surface area (Å²) in [6.45, 7) is 12.5. The number of nitrogens with zero attached hydrogens (tertiary/aromatic N) is 1. The van der Waals surface area contributed by atoms with Gasteiger partial charge in [-0.3, -0.25) is 0 Å². The highest BCUT2D eigenvalue weighted by atomic mass is 16.5. The summed E-state index contributed by atoms with van der Waals surface area (Å²) in [6, 6.07) is 0. The zero-order valence-corrected chi connectivity index (χ0v) is 9.38. The Morgan fingerprint density at radius 3 is 2.36 bits per heavy atom. The fourth-order valence-electron chi connectivity index (χ4n) is 2.29. The SMILES string of the molecule is CC(C)C1(CN2CCNCC2)COC1. The van der Waals surface area contributed by atoms with E-state index in [-0.39, 0.29) is 0 Å². The molecule has 1 N–H and O–H groups in total. The minimum Gasteiger partial charge on any atom is -0.380 e. The van der Waals surface area contributed by atoms with E-state index in [0.717, 1.165) is 32.2 Å². The third-order valence-electron chi connectivity index (χ3n) is 3.75. The topological polar surface area (TPSA) is 24.5 Å². The molecule has 2 aliphatic heterocycles. The van der Waals surface area contributed by atoms with Crippen LogP contribution in [-0.4, -0.2) is 50.8 Å². The van der Waals surface area contributed by atoms with E-state index in [1.807, 2.05) is 0 Å². The first kappa shape index (κ1) is 10.4. The molecule has 14 heavy (non-hydrogen) atoms. The molecule has 3 heteroatoms. The van der Waals surface area contributed by atoms with Crippen LogP contribution in [-0.2, 0) is 4.74 Å². The highest BCUT2D eigenvalue weighted by Gasteiger charge is 2.42. The van der Waals surface area contributed by atoms with Crippen LogP contribution in [0.2, 0.25) is 0 Å². The van der Waals surface area contributed by atoms with Crippen LogP contribution in [0.3, 0.4) is 0 Å². The Balaban J connectivity index is 1.87. The molecule has 0 unspecified atom stereocenters. The van der Waals surface area contributed by atoms with Crippen molar-refractivity contribution in [1.29, 1.82) is 0 Å². The van der Waals surface area contributed by atoms with Gasteiger partial charge in [-0.1, -0.05) is 13.8 Å². The van der Waals surface area contributed by atoms with Gasteiger partial charge in [0.05, 0.1) is 13.2 Å². The first-order valence-electron chi connectivity index (χ1n) is 5.74. The molecular formula is C11H22N2O. The van der Waals surface area contributed by atoms with Crippen LogP contribution in [0.4, 0.5) is 0 Å². The molecule has 0 radical (unpaired) electrons. The molecule has 0 aromatic rings. The second kappa shape index (κ2) is 4.17. The minimum atomic E-state index is 0.456. The van der Waals surface area contributed by atoms with Crippen LogP contribution in [0.5, 0.6) is 0 Å². The fourth-order valence-corrected chi connectivity index (χ4v) is 2.29. The van der Waals surface area contributed by atoms with Gasteiger partial charge in [0.2, 0.25) is 0 Å². The molecule has 82 valence electrons. The number of piperazine rings is 1. The molecule has 2 aliphatic rings. The van der Waals surface area contributed by atoms with Gasteiger partial charge >= 0.3 is 0 Å².